The van der Waals surface area contributed by atoms with Crippen LogP contribution in [0.15, 0.2) is 29.7 Å². The summed E-state index contributed by atoms with van der Waals surface area (Å²) in [6.45, 7) is 8.35. The van der Waals surface area contributed by atoms with Crippen molar-refractivity contribution < 1.29 is 4.79 Å². The van der Waals surface area contributed by atoms with Gasteiger partial charge in [0.1, 0.15) is 0 Å². The van der Waals surface area contributed by atoms with Crippen molar-refractivity contribution >= 4 is 17.7 Å². The highest BCUT2D eigenvalue weighted by molar-refractivity contribution is 7.98. The van der Waals surface area contributed by atoms with Crippen molar-refractivity contribution in [3.05, 3.63) is 47.0 Å². The van der Waals surface area contributed by atoms with E-state index in [9.17, 15) is 4.79 Å². The molecule has 6 nitrogen and oxygen atoms in total. The van der Waals surface area contributed by atoms with E-state index in [4.69, 9.17) is 0 Å². The molecule has 0 spiro atoms. The van der Waals surface area contributed by atoms with E-state index in [2.05, 4.69) is 19.9 Å². The van der Waals surface area contributed by atoms with E-state index < -0.39 is 0 Å². The Hall–Kier alpha value is -1.99. The van der Waals surface area contributed by atoms with E-state index in [-0.39, 0.29) is 5.91 Å². The highest BCUT2D eigenvalue weighted by atomic mass is 32.2. The van der Waals surface area contributed by atoms with Crippen LogP contribution in [0.2, 0.25) is 0 Å². The van der Waals surface area contributed by atoms with E-state index >= 15 is 0 Å². The minimum Gasteiger partial charge on any atom is -0.340 e. The average Bonchev–Trinajstić information content (AvgIpc) is 2.68. The summed E-state index contributed by atoms with van der Waals surface area (Å²) in [4.78, 5) is 30.1. The smallest absolute Gasteiger partial charge is 0.222 e. The van der Waals surface area contributed by atoms with Gasteiger partial charge >= 0.3 is 0 Å². The van der Waals surface area contributed by atoms with Crippen molar-refractivity contribution in [2.24, 2.45) is 0 Å². The zero-order chi connectivity index (χ0) is 19.2. The molecule has 1 amide bonds. The second kappa shape index (κ2) is 9.28. The molecule has 3 heterocycles. The lowest BCUT2D eigenvalue weighted by Crippen LogP contribution is -2.48. The standard InChI is InChI=1S/C20H27N5OS/c1-15-18(16(2)23-20(22-15)27-3)4-5-19(26)25-12-10-24(11-13-25)14-17-6-8-21-9-7-17/h6-9H,4-5,10-14H2,1-3H3. The molecule has 0 radical (unpaired) electrons. The highest BCUT2D eigenvalue weighted by Gasteiger charge is 2.21. The molecule has 0 atom stereocenters. The molecule has 27 heavy (non-hydrogen) atoms. The summed E-state index contributed by atoms with van der Waals surface area (Å²) >= 11 is 1.55. The number of pyridine rings is 1. The Labute approximate surface area is 165 Å². The second-order valence-corrected chi connectivity index (χ2v) is 7.65. The Morgan fingerprint density at radius 3 is 2.30 bits per heavy atom. The molecule has 0 aromatic carbocycles. The number of carbonyl (C=O) groups is 1. The Bertz CT molecular complexity index is 752. The van der Waals surface area contributed by atoms with Gasteiger partial charge in [-0.05, 0) is 49.8 Å². The van der Waals surface area contributed by atoms with Gasteiger partial charge in [0.2, 0.25) is 5.91 Å². The first-order chi connectivity index (χ1) is 13.1. The Morgan fingerprint density at radius 1 is 1.07 bits per heavy atom. The van der Waals surface area contributed by atoms with E-state index in [1.807, 2.05) is 49.5 Å². The largest absolute Gasteiger partial charge is 0.340 e. The molecule has 1 aliphatic heterocycles. The lowest BCUT2D eigenvalue weighted by molar-refractivity contribution is -0.133. The first kappa shape index (κ1) is 19.8. The normalized spacial score (nSPS) is 15.1. The number of hydrogen-bond acceptors (Lipinski definition) is 6. The van der Waals surface area contributed by atoms with Crippen molar-refractivity contribution in [3.63, 3.8) is 0 Å². The molecule has 0 saturated carbocycles. The molecule has 0 unspecified atom stereocenters. The van der Waals surface area contributed by atoms with Crippen LogP contribution >= 0.6 is 11.8 Å². The third-order valence-electron chi connectivity index (χ3n) is 5.05. The van der Waals surface area contributed by atoms with Crippen LogP contribution < -0.4 is 0 Å². The topological polar surface area (TPSA) is 62.2 Å². The minimum absolute atomic E-state index is 0.228. The van der Waals surface area contributed by atoms with Gasteiger partial charge < -0.3 is 4.90 Å². The van der Waals surface area contributed by atoms with Crippen molar-refractivity contribution in [1.82, 2.24) is 24.8 Å². The number of rotatable bonds is 6. The van der Waals surface area contributed by atoms with Crippen molar-refractivity contribution in [2.45, 2.75) is 38.4 Å². The van der Waals surface area contributed by atoms with Gasteiger partial charge in [0.25, 0.3) is 0 Å². The second-order valence-electron chi connectivity index (χ2n) is 6.87. The average molecular weight is 386 g/mol. The van der Waals surface area contributed by atoms with Gasteiger partial charge in [-0.15, -0.1) is 0 Å². The van der Waals surface area contributed by atoms with Crippen LogP contribution in [-0.4, -0.2) is 63.1 Å². The summed E-state index contributed by atoms with van der Waals surface area (Å²) < 4.78 is 0. The van der Waals surface area contributed by atoms with Crippen LogP contribution in [0.3, 0.4) is 0 Å². The summed E-state index contributed by atoms with van der Waals surface area (Å²) in [5.74, 6) is 0.228. The molecule has 1 fully saturated rings. The molecule has 0 N–H and O–H groups in total. The van der Waals surface area contributed by atoms with Gasteiger partial charge in [0.15, 0.2) is 5.16 Å². The predicted octanol–water partition coefficient (Wildman–Crippen LogP) is 2.49. The molecule has 0 bridgehead atoms. The van der Waals surface area contributed by atoms with Crippen LogP contribution in [-0.2, 0) is 17.8 Å². The third kappa shape index (κ3) is 5.26. The lowest BCUT2D eigenvalue weighted by atomic mass is 10.1. The summed E-state index contributed by atoms with van der Waals surface area (Å²) in [5, 5.41) is 0.797. The van der Waals surface area contributed by atoms with Gasteiger partial charge in [-0.2, -0.15) is 0 Å². The fourth-order valence-corrected chi connectivity index (χ4v) is 3.91. The molecular formula is C20H27N5OS. The Kier molecular flexibility index (Phi) is 6.79. The van der Waals surface area contributed by atoms with E-state index in [0.29, 0.717) is 12.8 Å². The molecule has 1 saturated heterocycles. The molecule has 2 aromatic heterocycles. The molecule has 3 rings (SSSR count). The van der Waals surface area contributed by atoms with Gasteiger partial charge in [0, 0.05) is 62.9 Å². The SMILES string of the molecule is CSc1nc(C)c(CCC(=O)N2CCN(Cc3ccncc3)CC2)c(C)n1. The maximum absolute atomic E-state index is 12.6. The summed E-state index contributed by atoms with van der Waals surface area (Å²) in [5.41, 5.74) is 4.35. The fourth-order valence-electron chi connectivity index (χ4n) is 3.45. The Balaban J connectivity index is 1.49. The third-order valence-corrected chi connectivity index (χ3v) is 5.60. The zero-order valence-electron chi connectivity index (χ0n) is 16.3. The number of piperazine rings is 1. The van der Waals surface area contributed by atoms with Gasteiger partial charge in [-0.1, -0.05) is 11.8 Å². The summed E-state index contributed by atoms with van der Waals surface area (Å²) in [6.07, 6.45) is 6.87. The number of amides is 1. The minimum atomic E-state index is 0.228. The van der Waals surface area contributed by atoms with Crippen molar-refractivity contribution in [1.29, 1.82) is 0 Å². The number of nitrogens with zero attached hydrogens (tertiary/aromatic N) is 5. The first-order valence-electron chi connectivity index (χ1n) is 9.34. The first-order valence-corrected chi connectivity index (χ1v) is 10.6. The van der Waals surface area contributed by atoms with Crippen LogP contribution in [0.1, 0.15) is 28.9 Å². The Morgan fingerprint density at radius 2 is 1.70 bits per heavy atom. The van der Waals surface area contributed by atoms with Crippen molar-refractivity contribution in [2.75, 3.05) is 32.4 Å². The van der Waals surface area contributed by atoms with E-state index in [0.717, 1.165) is 54.8 Å². The lowest BCUT2D eigenvalue weighted by Gasteiger charge is -2.34. The summed E-state index contributed by atoms with van der Waals surface area (Å²) in [6, 6.07) is 4.10. The van der Waals surface area contributed by atoms with Crippen LogP contribution in [0.5, 0.6) is 0 Å². The maximum atomic E-state index is 12.6. The molecule has 7 heteroatoms. The zero-order valence-corrected chi connectivity index (χ0v) is 17.1. The van der Waals surface area contributed by atoms with Crippen LogP contribution in [0, 0.1) is 13.8 Å². The number of aryl methyl sites for hydroxylation is 2. The van der Waals surface area contributed by atoms with Gasteiger partial charge in [-0.25, -0.2) is 9.97 Å². The maximum Gasteiger partial charge on any atom is 0.222 e. The van der Waals surface area contributed by atoms with Crippen molar-refractivity contribution in [3.8, 4) is 0 Å². The molecule has 144 valence electrons. The van der Waals surface area contributed by atoms with Crippen LogP contribution in [0.4, 0.5) is 0 Å². The predicted molar refractivity (Wildman–Crippen MR) is 108 cm³/mol. The number of aromatic nitrogens is 3. The van der Waals surface area contributed by atoms with E-state index in [1.165, 1.54) is 5.56 Å². The molecule has 1 aliphatic rings. The number of thioether (sulfide) groups is 1. The van der Waals surface area contributed by atoms with Gasteiger partial charge in [0.05, 0.1) is 0 Å². The number of hydrogen-bond donors (Lipinski definition) is 0. The monoisotopic (exact) mass is 385 g/mol. The quantitative estimate of drug-likeness (QED) is 0.562. The highest BCUT2D eigenvalue weighted by Crippen LogP contribution is 2.18. The molecule has 0 aliphatic carbocycles. The van der Waals surface area contributed by atoms with E-state index in [1.54, 1.807) is 11.8 Å². The van der Waals surface area contributed by atoms with Gasteiger partial charge in [-0.3, -0.25) is 14.7 Å². The van der Waals surface area contributed by atoms with Crippen LogP contribution in [0.25, 0.3) is 0 Å². The molecule has 2 aromatic rings. The summed E-state index contributed by atoms with van der Waals surface area (Å²) in [7, 11) is 0. The number of carbonyl (C=O) groups excluding carboxylic acids is 1. The molecular weight excluding hydrogens is 358 g/mol. The fraction of sp³-hybridized carbons (Fsp3) is 0.500.